The first kappa shape index (κ1) is 12.2. The number of nitrogens with zero attached hydrogens (tertiary/aromatic N) is 2. The summed E-state index contributed by atoms with van der Waals surface area (Å²) in [5.41, 5.74) is 8.10. The number of anilines is 1. The maximum atomic E-state index is 11.5. The van der Waals surface area contributed by atoms with Crippen molar-refractivity contribution >= 4 is 11.8 Å². The molecule has 0 amide bonds. The van der Waals surface area contributed by atoms with E-state index in [0.717, 1.165) is 11.3 Å². The number of esters is 1. The fourth-order valence-electron chi connectivity index (χ4n) is 1.89. The Bertz CT molecular complexity index is 602. The molecule has 2 aromatic rings. The van der Waals surface area contributed by atoms with E-state index in [4.69, 9.17) is 5.73 Å². The molecule has 0 unspecified atom stereocenters. The molecular formula is C13H15N3O2. The Hall–Kier alpha value is -2.30. The van der Waals surface area contributed by atoms with Crippen LogP contribution >= 0.6 is 0 Å². The van der Waals surface area contributed by atoms with Crippen LogP contribution < -0.4 is 5.73 Å². The lowest BCUT2D eigenvalue weighted by Gasteiger charge is -2.08. The molecule has 5 heteroatoms. The van der Waals surface area contributed by atoms with Gasteiger partial charge in [0, 0.05) is 5.69 Å². The molecule has 18 heavy (non-hydrogen) atoms. The molecule has 2 N–H and O–H groups in total. The molecule has 5 nitrogen and oxygen atoms in total. The molecule has 0 saturated heterocycles. The average Bonchev–Trinajstić information content (AvgIpc) is 2.64. The van der Waals surface area contributed by atoms with Crippen LogP contribution in [0.5, 0.6) is 0 Å². The maximum Gasteiger partial charge on any atom is 0.360 e. The number of aromatic nitrogens is 2. The molecule has 1 aromatic carbocycles. The number of ether oxygens (including phenoxy) is 1. The average molecular weight is 245 g/mol. The van der Waals surface area contributed by atoms with E-state index < -0.39 is 5.97 Å². The first-order chi connectivity index (χ1) is 8.54. The molecule has 0 bridgehead atoms. The normalized spacial score (nSPS) is 10.4. The van der Waals surface area contributed by atoms with Crippen LogP contribution in [0.25, 0.3) is 5.69 Å². The van der Waals surface area contributed by atoms with Crippen LogP contribution in [-0.4, -0.2) is 22.6 Å². The second-order valence-corrected chi connectivity index (χ2v) is 4.06. The highest BCUT2D eigenvalue weighted by molar-refractivity contribution is 5.92. The van der Waals surface area contributed by atoms with Crippen LogP contribution in [0.15, 0.2) is 24.3 Å². The Morgan fingerprint density at radius 2 is 2.11 bits per heavy atom. The van der Waals surface area contributed by atoms with E-state index in [2.05, 4.69) is 9.72 Å². The van der Waals surface area contributed by atoms with Gasteiger partial charge in [0.05, 0.1) is 7.11 Å². The SMILES string of the molecule is COC(=O)c1nc(C)n(-c2cccc(C)c2)c1N. The molecule has 1 aromatic heterocycles. The lowest BCUT2D eigenvalue weighted by Crippen LogP contribution is -2.07. The van der Waals surface area contributed by atoms with Crippen LogP contribution in [0.1, 0.15) is 21.9 Å². The minimum Gasteiger partial charge on any atom is -0.464 e. The summed E-state index contributed by atoms with van der Waals surface area (Å²) >= 11 is 0. The van der Waals surface area contributed by atoms with Gasteiger partial charge in [0.2, 0.25) is 0 Å². The summed E-state index contributed by atoms with van der Waals surface area (Å²) in [6.45, 7) is 3.79. The summed E-state index contributed by atoms with van der Waals surface area (Å²) in [7, 11) is 1.31. The van der Waals surface area contributed by atoms with Gasteiger partial charge in [0.15, 0.2) is 5.69 Å². The van der Waals surface area contributed by atoms with Crippen molar-refractivity contribution in [3.8, 4) is 5.69 Å². The van der Waals surface area contributed by atoms with E-state index in [-0.39, 0.29) is 5.69 Å². The van der Waals surface area contributed by atoms with Crippen molar-refractivity contribution in [3.05, 3.63) is 41.3 Å². The van der Waals surface area contributed by atoms with Gasteiger partial charge >= 0.3 is 5.97 Å². The number of carbonyl (C=O) groups is 1. The van der Waals surface area contributed by atoms with E-state index in [0.29, 0.717) is 11.6 Å². The minimum absolute atomic E-state index is 0.150. The van der Waals surface area contributed by atoms with Crippen LogP contribution in [0.2, 0.25) is 0 Å². The van der Waals surface area contributed by atoms with Crippen molar-refractivity contribution in [2.45, 2.75) is 13.8 Å². The summed E-state index contributed by atoms with van der Waals surface area (Å²) < 4.78 is 6.39. The standard InChI is InChI=1S/C13H15N3O2/c1-8-5-4-6-10(7-8)16-9(2)15-11(12(16)14)13(17)18-3/h4-7H,14H2,1-3H3. The maximum absolute atomic E-state index is 11.5. The van der Waals surface area contributed by atoms with Crippen LogP contribution in [0.3, 0.4) is 0 Å². The summed E-state index contributed by atoms with van der Waals surface area (Å²) in [6, 6.07) is 7.82. The molecule has 0 fully saturated rings. The van der Waals surface area contributed by atoms with Crippen molar-refractivity contribution in [2.24, 2.45) is 0 Å². The smallest absolute Gasteiger partial charge is 0.360 e. The van der Waals surface area contributed by atoms with Crippen molar-refractivity contribution in [1.29, 1.82) is 0 Å². The lowest BCUT2D eigenvalue weighted by atomic mass is 10.2. The third-order valence-electron chi connectivity index (χ3n) is 2.72. The highest BCUT2D eigenvalue weighted by atomic mass is 16.5. The second kappa shape index (κ2) is 4.52. The number of nitrogens with two attached hydrogens (primary N) is 1. The van der Waals surface area contributed by atoms with E-state index in [9.17, 15) is 4.79 Å². The number of imidazole rings is 1. The van der Waals surface area contributed by atoms with Crippen LogP contribution in [0.4, 0.5) is 5.82 Å². The van der Waals surface area contributed by atoms with Gasteiger partial charge in [-0.15, -0.1) is 0 Å². The Morgan fingerprint density at radius 1 is 1.39 bits per heavy atom. The number of hydrogen-bond donors (Lipinski definition) is 1. The quantitative estimate of drug-likeness (QED) is 0.820. The highest BCUT2D eigenvalue weighted by Gasteiger charge is 2.19. The monoisotopic (exact) mass is 245 g/mol. The predicted octanol–water partition coefficient (Wildman–Crippen LogP) is 1.86. The molecular weight excluding hydrogens is 230 g/mol. The van der Waals surface area contributed by atoms with Crippen LogP contribution in [0, 0.1) is 13.8 Å². The second-order valence-electron chi connectivity index (χ2n) is 4.06. The summed E-state index contributed by atoms with van der Waals surface area (Å²) in [4.78, 5) is 15.7. The third-order valence-corrected chi connectivity index (χ3v) is 2.72. The van der Waals surface area contributed by atoms with Crippen LogP contribution in [-0.2, 0) is 4.74 Å². The number of benzene rings is 1. The molecule has 2 rings (SSSR count). The molecule has 0 radical (unpaired) electrons. The number of methoxy groups -OCH3 is 1. The largest absolute Gasteiger partial charge is 0.464 e. The lowest BCUT2D eigenvalue weighted by molar-refractivity contribution is 0.0596. The summed E-state index contributed by atoms with van der Waals surface area (Å²) in [5.74, 6) is 0.422. The Balaban J connectivity index is 2.59. The van der Waals surface area contributed by atoms with E-state index in [1.807, 2.05) is 31.2 Å². The van der Waals surface area contributed by atoms with Gasteiger partial charge in [-0.2, -0.15) is 0 Å². The van der Waals surface area contributed by atoms with Gasteiger partial charge in [-0.05, 0) is 31.5 Å². The van der Waals surface area contributed by atoms with Crippen molar-refractivity contribution in [1.82, 2.24) is 9.55 Å². The molecule has 1 heterocycles. The number of rotatable bonds is 2. The topological polar surface area (TPSA) is 70.1 Å². The molecule has 0 atom stereocenters. The van der Waals surface area contributed by atoms with Gasteiger partial charge in [-0.25, -0.2) is 9.78 Å². The summed E-state index contributed by atoms with van der Waals surface area (Å²) in [6.07, 6.45) is 0. The number of carbonyl (C=O) groups excluding carboxylic acids is 1. The first-order valence-corrected chi connectivity index (χ1v) is 5.54. The third kappa shape index (κ3) is 1.95. The van der Waals surface area contributed by atoms with Gasteiger partial charge in [0.25, 0.3) is 0 Å². The predicted molar refractivity (Wildman–Crippen MR) is 68.8 cm³/mol. The number of nitrogen functional groups attached to an aromatic ring is 1. The first-order valence-electron chi connectivity index (χ1n) is 5.54. The van der Waals surface area contributed by atoms with Crippen molar-refractivity contribution in [3.63, 3.8) is 0 Å². The van der Waals surface area contributed by atoms with Gasteiger partial charge in [0.1, 0.15) is 11.6 Å². The van der Waals surface area contributed by atoms with Gasteiger partial charge < -0.3 is 10.5 Å². The Kier molecular flexibility index (Phi) is 3.06. The van der Waals surface area contributed by atoms with Crippen molar-refractivity contribution in [2.75, 3.05) is 12.8 Å². The number of hydrogen-bond acceptors (Lipinski definition) is 4. The molecule has 94 valence electrons. The summed E-state index contributed by atoms with van der Waals surface area (Å²) in [5, 5.41) is 0. The molecule has 0 spiro atoms. The number of aryl methyl sites for hydroxylation is 2. The Morgan fingerprint density at radius 3 is 2.72 bits per heavy atom. The zero-order valence-electron chi connectivity index (χ0n) is 10.6. The molecule has 0 aliphatic rings. The van der Waals surface area contributed by atoms with E-state index >= 15 is 0 Å². The fourth-order valence-corrected chi connectivity index (χ4v) is 1.89. The molecule has 0 aliphatic carbocycles. The Labute approximate surface area is 105 Å². The van der Waals surface area contributed by atoms with E-state index in [1.165, 1.54) is 7.11 Å². The highest BCUT2D eigenvalue weighted by Crippen LogP contribution is 2.21. The minimum atomic E-state index is -0.526. The van der Waals surface area contributed by atoms with E-state index in [1.54, 1.807) is 11.5 Å². The van der Waals surface area contributed by atoms with Gasteiger partial charge in [-0.3, -0.25) is 4.57 Å². The zero-order valence-corrected chi connectivity index (χ0v) is 10.6. The fraction of sp³-hybridized carbons (Fsp3) is 0.231. The molecule has 0 saturated carbocycles. The zero-order chi connectivity index (χ0) is 13.3. The molecule has 0 aliphatic heterocycles. The van der Waals surface area contributed by atoms with Gasteiger partial charge in [-0.1, -0.05) is 12.1 Å². The van der Waals surface area contributed by atoms with Crippen molar-refractivity contribution < 1.29 is 9.53 Å².